The predicted octanol–water partition coefficient (Wildman–Crippen LogP) is 4.87. The number of anilines is 1. The highest BCUT2D eigenvalue weighted by Gasteiger charge is 2.08. The van der Waals surface area contributed by atoms with Crippen LogP contribution in [0.25, 0.3) is 0 Å². The number of ether oxygens (including phenoxy) is 2. The van der Waals surface area contributed by atoms with Crippen LogP contribution in [0.5, 0.6) is 11.5 Å². The van der Waals surface area contributed by atoms with Crippen molar-refractivity contribution < 1.29 is 9.47 Å². The van der Waals surface area contributed by atoms with Gasteiger partial charge in [-0.2, -0.15) is 0 Å². The first-order chi connectivity index (χ1) is 11.5. The van der Waals surface area contributed by atoms with E-state index in [1.54, 1.807) is 13.2 Å². The van der Waals surface area contributed by atoms with Crippen molar-refractivity contribution in [2.24, 2.45) is 0 Å². The smallest absolute Gasteiger partial charge is 0.171 e. The lowest BCUT2D eigenvalue weighted by atomic mass is 10.3. The molecule has 4 nitrogen and oxygen atoms in total. The van der Waals surface area contributed by atoms with Gasteiger partial charge in [0, 0.05) is 10.2 Å². The number of para-hydroxylation sites is 2. The highest BCUT2D eigenvalue weighted by molar-refractivity contribution is 9.10. The summed E-state index contributed by atoms with van der Waals surface area (Å²) in [7, 11) is 1.62. The Morgan fingerprint density at radius 3 is 2.62 bits per heavy atom. The molecule has 7 heteroatoms. The average molecular weight is 430 g/mol. The zero-order valence-electron chi connectivity index (χ0n) is 13.3. The third kappa shape index (κ3) is 5.54. The van der Waals surface area contributed by atoms with Crippen molar-refractivity contribution in [2.45, 2.75) is 13.0 Å². The molecule has 2 rings (SSSR count). The topological polar surface area (TPSA) is 42.5 Å². The third-order valence-corrected chi connectivity index (χ3v) is 4.57. The Hall–Kier alpha value is -1.50. The van der Waals surface area contributed by atoms with Crippen LogP contribution in [0.4, 0.5) is 5.69 Å². The van der Waals surface area contributed by atoms with Crippen LogP contribution in [-0.4, -0.2) is 24.9 Å². The summed E-state index contributed by atoms with van der Waals surface area (Å²) in [4.78, 5) is 0. The molecule has 0 radical (unpaired) electrons. The number of benzene rings is 2. The maximum absolute atomic E-state index is 6.07. The molecule has 1 atom stereocenters. The SMILES string of the molecule is COc1ccccc1OC[C@H](C)NC(=S)Nc1ccc(Br)c(Cl)c1. The van der Waals surface area contributed by atoms with Gasteiger partial charge in [0.05, 0.1) is 18.2 Å². The van der Waals surface area contributed by atoms with Gasteiger partial charge >= 0.3 is 0 Å². The zero-order chi connectivity index (χ0) is 17.5. The van der Waals surface area contributed by atoms with Crippen LogP contribution in [-0.2, 0) is 0 Å². The van der Waals surface area contributed by atoms with Crippen molar-refractivity contribution >= 4 is 50.5 Å². The van der Waals surface area contributed by atoms with Crippen molar-refractivity contribution in [3.8, 4) is 11.5 Å². The first kappa shape index (κ1) is 18.8. The van der Waals surface area contributed by atoms with Gasteiger partial charge < -0.3 is 20.1 Å². The fourth-order valence-electron chi connectivity index (χ4n) is 1.96. The monoisotopic (exact) mass is 428 g/mol. The molecular weight excluding hydrogens is 412 g/mol. The van der Waals surface area contributed by atoms with Crippen LogP contribution >= 0.6 is 39.7 Å². The molecule has 2 aromatic rings. The molecule has 0 heterocycles. The Kier molecular flexibility index (Phi) is 7.15. The van der Waals surface area contributed by atoms with E-state index in [1.165, 1.54) is 0 Å². The van der Waals surface area contributed by atoms with E-state index in [2.05, 4.69) is 26.6 Å². The van der Waals surface area contributed by atoms with Crippen molar-refractivity contribution in [3.63, 3.8) is 0 Å². The Morgan fingerprint density at radius 2 is 1.96 bits per heavy atom. The van der Waals surface area contributed by atoms with E-state index in [0.29, 0.717) is 28.2 Å². The number of hydrogen-bond acceptors (Lipinski definition) is 3. The third-order valence-electron chi connectivity index (χ3n) is 3.11. The van der Waals surface area contributed by atoms with Crippen LogP contribution in [0.3, 0.4) is 0 Å². The minimum Gasteiger partial charge on any atom is -0.493 e. The number of halogens is 2. The van der Waals surface area contributed by atoms with Crippen LogP contribution in [0, 0.1) is 0 Å². The van der Waals surface area contributed by atoms with Gasteiger partial charge in [-0.05, 0) is 65.4 Å². The molecule has 0 aliphatic heterocycles. The van der Waals surface area contributed by atoms with Crippen LogP contribution in [0.1, 0.15) is 6.92 Å². The van der Waals surface area contributed by atoms with Gasteiger partial charge in [0.25, 0.3) is 0 Å². The molecule has 2 N–H and O–H groups in total. The maximum Gasteiger partial charge on any atom is 0.171 e. The summed E-state index contributed by atoms with van der Waals surface area (Å²) >= 11 is 14.7. The molecule has 0 amide bonds. The summed E-state index contributed by atoms with van der Waals surface area (Å²) in [6, 6.07) is 13.1. The fourth-order valence-corrected chi connectivity index (χ4v) is 2.71. The molecule has 2 aromatic carbocycles. The second-order valence-corrected chi connectivity index (χ2v) is 6.76. The number of thiocarbonyl (C=S) groups is 1. The number of methoxy groups -OCH3 is 1. The van der Waals surface area contributed by atoms with Crippen molar-refractivity contribution in [2.75, 3.05) is 19.0 Å². The minimum atomic E-state index is 0.0147. The standard InChI is InChI=1S/C17H18BrClN2O2S/c1-11(10-23-16-6-4-3-5-15(16)22-2)20-17(24)21-12-7-8-13(18)14(19)9-12/h3-9,11H,10H2,1-2H3,(H2,20,21,24)/t11-/m0/s1. The Labute approximate surface area is 160 Å². The molecule has 0 spiro atoms. The first-order valence-corrected chi connectivity index (χ1v) is 8.86. The van der Waals surface area contributed by atoms with E-state index in [4.69, 9.17) is 33.3 Å². The molecule has 0 saturated carbocycles. The van der Waals surface area contributed by atoms with Crippen LogP contribution in [0.2, 0.25) is 5.02 Å². The Morgan fingerprint density at radius 1 is 1.25 bits per heavy atom. The molecule has 0 bridgehead atoms. The highest BCUT2D eigenvalue weighted by atomic mass is 79.9. The molecule has 0 aliphatic carbocycles. The average Bonchev–Trinajstić information content (AvgIpc) is 2.56. The van der Waals surface area contributed by atoms with Gasteiger partial charge in [-0.3, -0.25) is 0 Å². The summed E-state index contributed by atoms with van der Waals surface area (Å²) in [5.74, 6) is 1.40. The molecule has 0 aromatic heterocycles. The van der Waals surface area contributed by atoms with E-state index < -0.39 is 0 Å². The summed E-state index contributed by atoms with van der Waals surface area (Å²) in [6.45, 7) is 2.43. The molecule has 0 unspecified atom stereocenters. The lowest BCUT2D eigenvalue weighted by molar-refractivity contribution is 0.270. The first-order valence-electron chi connectivity index (χ1n) is 7.28. The van der Waals surface area contributed by atoms with Crippen molar-refractivity contribution in [1.82, 2.24) is 5.32 Å². The van der Waals surface area contributed by atoms with E-state index in [0.717, 1.165) is 10.2 Å². The van der Waals surface area contributed by atoms with Gasteiger partial charge in [-0.15, -0.1) is 0 Å². The van der Waals surface area contributed by atoms with E-state index in [-0.39, 0.29) is 6.04 Å². The van der Waals surface area contributed by atoms with Gasteiger partial charge in [0.2, 0.25) is 0 Å². The van der Waals surface area contributed by atoms with Gasteiger partial charge in [0.1, 0.15) is 6.61 Å². The number of nitrogens with one attached hydrogen (secondary N) is 2. The summed E-state index contributed by atoms with van der Waals surface area (Å²) in [6.07, 6.45) is 0. The molecule has 0 aliphatic rings. The number of rotatable bonds is 6. The highest BCUT2D eigenvalue weighted by Crippen LogP contribution is 2.26. The second kappa shape index (κ2) is 9.11. The largest absolute Gasteiger partial charge is 0.493 e. The summed E-state index contributed by atoms with van der Waals surface area (Å²) in [5.41, 5.74) is 0.818. The maximum atomic E-state index is 6.07. The predicted molar refractivity (Wildman–Crippen MR) is 106 cm³/mol. The quantitative estimate of drug-likeness (QED) is 0.642. The van der Waals surface area contributed by atoms with Gasteiger partial charge in [0.15, 0.2) is 16.6 Å². The normalized spacial score (nSPS) is 11.5. The molecular formula is C17H18BrClN2O2S. The van der Waals surface area contributed by atoms with Crippen molar-refractivity contribution in [1.29, 1.82) is 0 Å². The molecule has 0 fully saturated rings. The Bertz CT molecular complexity index is 715. The fraction of sp³-hybridized carbons (Fsp3) is 0.235. The van der Waals surface area contributed by atoms with Crippen LogP contribution in [0.15, 0.2) is 46.9 Å². The molecule has 24 heavy (non-hydrogen) atoms. The summed E-state index contributed by atoms with van der Waals surface area (Å²) < 4.78 is 11.9. The van der Waals surface area contributed by atoms with E-state index in [1.807, 2.05) is 43.3 Å². The lowest BCUT2D eigenvalue weighted by Gasteiger charge is -2.18. The van der Waals surface area contributed by atoms with E-state index in [9.17, 15) is 0 Å². The van der Waals surface area contributed by atoms with Gasteiger partial charge in [-0.1, -0.05) is 23.7 Å². The zero-order valence-corrected chi connectivity index (χ0v) is 16.5. The second-order valence-electron chi connectivity index (χ2n) is 5.09. The Balaban J connectivity index is 1.84. The van der Waals surface area contributed by atoms with Gasteiger partial charge in [-0.25, -0.2) is 0 Å². The van der Waals surface area contributed by atoms with Crippen LogP contribution < -0.4 is 20.1 Å². The summed E-state index contributed by atoms with van der Waals surface area (Å²) in [5, 5.41) is 7.39. The molecule has 128 valence electrons. The van der Waals surface area contributed by atoms with E-state index >= 15 is 0 Å². The lowest BCUT2D eigenvalue weighted by Crippen LogP contribution is -2.39. The molecule has 0 saturated heterocycles. The number of hydrogen-bond donors (Lipinski definition) is 2. The minimum absolute atomic E-state index is 0.0147. The van der Waals surface area contributed by atoms with Crippen molar-refractivity contribution in [3.05, 3.63) is 52.0 Å².